The normalized spacial score (nSPS) is 14.1. The third-order valence-electron chi connectivity index (χ3n) is 3.50. The molecule has 1 heterocycles. The van der Waals surface area contributed by atoms with E-state index in [2.05, 4.69) is 15.6 Å². The molecule has 1 aromatic carbocycles. The number of anilines is 1. The summed E-state index contributed by atoms with van der Waals surface area (Å²) in [6, 6.07) is 7.59. The quantitative estimate of drug-likeness (QED) is 0.856. The third-order valence-corrected chi connectivity index (χ3v) is 3.50. The molecule has 21 heavy (non-hydrogen) atoms. The van der Waals surface area contributed by atoms with E-state index in [0.717, 1.165) is 29.4 Å². The summed E-state index contributed by atoms with van der Waals surface area (Å²) in [5.74, 6) is 1.41. The van der Waals surface area contributed by atoms with E-state index in [1.165, 1.54) is 12.8 Å². The van der Waals surface area contributed by atoms with Gasteiger partial charge in [0, 0.05) is 18.2 Å². The number of nitrogens with zero attached hydrogens (tertiary/aromatic N) is 1. The SMILES string of the molecule is Cc1nc(-c2ccc(NC(=O)CNCC3CC3)cc2)co1. The van der Waals surface area contributed by atoms with Crippen LogP contribution in [0.5, 0.6) is 0 Å². The van der Waals surface area contributed by atoms with Crippen molar-refractivity contribution >= 4 is 11.6 Å². The van der Waals surface area contributed by atoms with Crippen molar-refractivity contribution in [2.45, 2.75) is 19.8 Å². The summed E-state index contributed by atoms with van der Waals surface area (Å²) in [7, 11) is 0. The van der Waals surface area contributed by atoms with E-state index in [0.29, 0.717) is 12.4 Å². The highest BCUT2D eigenvalue weighted by molar-refractivity contribution is 5.92. The average Bonchev–Trinajstić information content (AvgIpc) is 3.19. The number of benzene rings is 1. The lowest BCUT2D eigenvalue weighted by molar-refractivity contribution is -0.115. The molecule has 1 amide bonds. The first-order valence-electron chi connectivity index (χ1n) is 7.24. The van der Waals surface area contributed by atoms with Crippen molar-refractivity contribution in [1.82, 2.24) is 10.3 Å². The Morgan fingerprint density at radius 3 is 2.71 bits per heavy atom. The fourth-order valence-electron chi connectivity index (χ4n) is 2.14. The Bertz CT molecular complexity index is 615. The van der Waals surface area contributed by atoms with Crippen molar-refractivity contribution < 1.29 is 9.21 Å². The van der Waals surface area contributed by atoms with E-state index in [1.54, 1.807) is 6.26 Å². The molecule has 0 aliphatic heterocycles. The van der Waals surface area contributed by atoms with E-state index in [-0.39, 0.29) is 5.91 Å². The van der Waals surface area contributed by atoms with Crippen LogP contribution < -0.4 is 10.6 Å². The molecule has 3 rings (SSSR count). The Balaban J connectivity index is 1.52. The Labute approximate surface area is 123 Å². The van der Waals surface area contributed by atoms with Gasteiger partial charge in [-0.3, -0.25) is 4.79 Å². The molecule has 0 unspecified atom stereocenters. The second-order valence-corrected chi connectivity index (χ2v) is 5.45. The second kappa shape index (κ2) is 6.10. The summed E-state index contributed by atoms with van der Waals surface area (Å²) in [6.45, 7) is 3.12. The molecule has 5 nitrogen and oxygen atoms in total. The average molecular weight is 285 g/mol. The van der Waals surface area contributed by atoms with Crippen LogP contribution in [0.4, 0.5) is 5.69 Å². The van der Waals surface area contributed by atoms with Crippen molar-refractivity contribution in [3.05, 3.63) is 36.4 Å². The van der Waals surface area contributed by atoms with Crippen LogP contribution in [-0.2, 0) is 4.79 Å². The van der Waals surface area contributed by atoms with Gasteiger partial charge in [0.15, 0.2) is 5.89 Å². The van der Waals surface area contributed by atoms with Gasteiger partial charge in [0.25, 0.3) is 0 Å². The first-order chi connectivity index (χ1) is 10.2. The lowest BCUT2D eigenvalue weighted by Gasteiger charge is -2.06. The van der Waals surface area contributed by atoms with Crippen LogP contribution in [0.25, 0.3) is 11.3 Å². The molecule has 1 aliphatic carbocycles. The number of nitrogens with one attached hydrogen (secondary N) is 2. The van der Waals surface area contributed by atoms with Gasteiger partial charge in [0.1, 0.15) is 12.0 Å². The molecule has 110 valence electrons. The highest BCUT2D eigenvalue weighted by Gasteiger charge is 2.20. The zero-order valence-electron chi connectivity index (χ0n) is 12.1. The monoisotopic (exact) mass is 285 g/mol. The summed E-state index contributed by atoms with van der Waals surface area (Å²) < 4.78 is 5.19. The van der Waals surface area contributed by atoms with Crippen molar-refractivity contribution in [2.75, 3.05) is 18.4 Å². The molecule has 0 radical (unpaired) electrons. The number of aromatic nitrogens is 1. The van der Waals surface area contributed by atoms with Crippen LogP contribution in [-0.4, -0.2) is 24.0 Å². The van der Waals surface area contributed by atoms with Crippen LogP contribution in [0.2, 0.25) is 0 Å². The zero-order valence-corrected chi connectivity index (χ0v) is 12.1. The summed E-state index contributed by atoms with van der Waals surface area (Å²) >= 11 is 0. The smallest absolute Gasteiger partial charge is 0.238 e. The van der Waals surface area contributed by atoms with Crippen LogP contribution in [0.1, 0.15) is 18.7 Å². The third kappa shape index (κ3) is 3.92. The number of hydrogen-bond acceptors (Lipinski definition) is 4. The summed E-state index contributed by atoms with van der Waals surface area (Å²) in [5.41, 5.74) is 2.56. The molecule has 5 heteroatoms. The van der Waals surface area contributed by atoms with E-state index in [9.17, 15) is 4.79 Å². The number of carbonyl (C=O) groups is 1. The van der Waals surface area contributed by atoms with Gasteiger partial charge in [-0.25, -0.2) is 4.98 Å². The highest BCUT2D eigenvalue weighted by Crippen LogP contribution is 2.27. The topological polar surface area (TPSA) is 67.2 Å². The number of hydrogen-bond donors (Lipinski definition) is 2. The fraction of sp³-hybridized carbons (Fsp3) is 0.375. The zero-order chi connectivity index (χ0) is 14.7. The number of carbonyl (C=O) groups excluding carboxylic acids is 1. The summed E-state index contributed by atoms with van der Waals surface area (Å²) in [4.78, 5) is 16.0. The number of amides is 1. The van der Waals surface area contributed by atoms with E-state index >= 15 is 0 Å². The van der Waals surface area contributed by atoms with Gasteiger partial charge < -0.3 is 15.1 Å². The Morgan fingerprint density at radius 2 is 2.10 bits per heavy atom. The van der Waals surface area contributed by atoms with E-state index in [4.69, 9.17) is 4.42 Å². The van der Waals surface area contributed by atoms with Gasteiger partial charge in [-0.05, 0) is 37.4 Å². The molecule has 0 bridgehead atoms. The predicted molar refractivity (Wildman–Crippen MR) is 80.9 cm³/mol. The number of oxazole rings is 1. The Kier molecular flexibility index (Phi) is 4.01. The van der Waals surface area contributed by atoms with Gasteiger partial charge in [-0.15, -0.1) is 0 Å². The minimum Gasteiger partial charge on any atom is -0.449 e. The van der Waals surface area contributed by atoms with E-state index in [1.807, 2.05) is 31.2 Å². The molecule has 2 N–H and O–H groups in total. The first kappa shape index (κ1) is 13.8. The second-order valence-electron chi connectivity index (χ2n) is 5.45. The Morgan fingerprint density at radius 1 is 1.33 bits per heavy atom. The number of rotatable bonds is 6. The van der Waals surface area contributed by atoms with Crippen molar-refractivity contribution in [3.63, 3.8) is 0 Å². The van der Waals surface area contributed by atoms with Gasteiger partial charge in [-0.2, -0.15) is 0 Å². The number of aryl methyl sites for hydroxylation is 1. The van der Waals surface area contributed by atoms with Crippen LogP contribution in [0.15, 0.2) is 34.9 Å². The molecular formula is C16H19N3O2. The van der Waals surface area contributed by atoms with Crippen LogP contribution >= 0.6 is 0 Å². The maximum Gasteiger partial charge on any atom is 0.238 e. The molecule has 0 spiro atoms. The van der Waals surface area contributed by atoms with Gasteiger partial charge in [0.2, 0.25) is 5.91 Å². The minimum absolute atomic E-state index is 0.0133. The summed E-state index contributed by atoms with van der Waals surface area (Å²) in [6.07, 6.45) is 4.21. The van der Waals surface area contributed by atoms with Crippen molar-refractivity contribution in [2.24, 2.45) is 5.92 Å². The van der Waals surface area contributed by atoms with Crippen molar-refractivity contribution in [1.29, 1.82) is 0 Å². The van der Waals surface area contributed by atoms with Gasteiger partial charge in [-0.1, -0.05) is 12.1 Å². The molecular weight excluding hydrogens is 266 g/mol. The molecule has 2 aromatic rings. The van der Waals surface area contributed by atoms with E-state index < -0.39 is 0 Å². The maximum absolute atomic E-state index is 11.8. The maximum atomic E-state index is 11.8. The predicted octanol–water partition coefficient (Wildman–Crippen LogP) is 2.59. The lowest BCUT2D eigenvalue weighted by atomic mass is 10.1. The molecule has 1 fully saturated rings. The van der Waals surface area contributed by atoms with Crippen LogP contribution in [0, 0.1) is 12.8 Å². The molecule has 0 saturated heterocycles. The molecule has 1 aromatic heterocycles. The fourth-order valence-corrected chi connectivity index (χ4v) is 2.14. The largest absolute Gasteiger partial charge is 0.449 e. The van der Waals surface area contributed by atoms with Gasteiger partial charge in [0.05, 0.1) is 6.54 Å². The van der Waals surface area contributed by atoms with Gasteiger partial charge >= 0.3 is 0 Å². The molecule has 1 saturated carbocycles. The summed E-state index contributed by atoms with van der Waals surface area (Å²) in [5, 5.41) is 6.05. The van der Waals surface area contributed by atoms with Crippen LogP contribution in [0.3, 0.4) is 0 Å². The standard InChI is InChI=1S/C16H19N3O2/c1-11-18-15(10-21-11)13-4-6-14(7-5-13)19-16(20)9-17-8-12-2-3-12/h4-7,10,12,17H,2-3,8-9H2,1H3,(H,19,20). The van der Waals surface area contributed by atoms with Crippen molar-refractivity contribution in [3.8, 4) is 11.3 Å². The lowest BCUT2D eigenvalue weighted by Crippen LogP contribution is -2.29. The Hall–Kier alpha value is -2.14. The minimum atomic E-state index is -0.0133. The molecule has 1 aliphatic rings. The molecule has 0 atom stereocenters. The highest BCUT2D eigenvalue weighted by atomic mass is 16.3. The first-order valence-corrected chi connectivity index (χ1v) is 7.24.